The van der Waals surface area contributed by atoms with E-state index < -0.39 is 11.9 Å². The number of hydrogen-bond donors (Lipinski definition) is 3. The Bertz CT molecular complexity index is 1010. The molecule has 1 aliphatic carbocycles. The number of carbonyl (C=O) groups excluding carboxylic acids is 1. The number of ether oxygens (including phenoxy) is 2. The van der Waals surface area contributed by atoms with E-state index in [-0.39, 0.29) is 35.9 Å². The fraction of sp³-hybridized carbons (Fsp3) is 0.440. The third-order valence-electron chi connectivity index (χ3n) is 5.47. The van der Waals surface area contributed by atoms with Gasteiger partial charge in [0.05, 0.1) is 23.8 Å². The van der Waals surface area contributed by atoms with Gasteiger partial charge in [0, 0.05) is 11.6 Å². The molecule has 0 amide bonds. The van der Waals surface area contributed by atoms with Gasteiger partial charge in [0.15, 0.2) is 5.69 Å². The predicted molar refractivity (Wildman–Crippen MR) is 126 cm³/mol. The second-order valence-electron chi connectivity index (χ2n) is 8.36. The standard InChI is InChI=1S/C25H31N3O5/c1-4-32-25(31)20-14-19(16-10-12-17(13-11-16)24(29)30)21(22(26)33-15(2)3)23(28-20)27-18-8-6-5-7-9-18/h10-15,18,26H,4-9H2,1-3H3,(H,27,28)(H,29,30). The summed E-state index contributed by atoms with van der Waals surface area (Å²) in [7, 11) is 0. The first-order valence-electron chi connectivity index (χ1n) is 11.4. The number of rotatable bonds is 8. The molecule has 8 heteroatoms. The van der Waals surface area contributed by atoms with E-state index in [1.54, 1.807) is 25.1 Å². The van der Waals surface area contributed by atoms with Crippen LogP contribution in [-0.2, 0) is 9.47 Å². The maximum absolute atomic E-state index is 12.6. The van der Waals surface area contributed by atoms with Crippen molar-refractivity contribution >= 4 is 23.7 Å². The number of benzene rings is 1. The largest absolute Gasteiger partial charge is 0.478 e. The van der Waals surface area contributed by atoms with Gasteiger partial charge in [-0.25, -0.2) is 14.6 Å². The Morgan fingerprint density at radius 2 is 1.85 bits per heavy atom. The molecule has 0 aliphatic heterocycles. The molecule has 0 bridgehead atoms. The van der Waals surface area contributed by atoms with Gasteiger partial charge in [0.2, 0.25) is 5.90 Å². The van der Waals surface area contributed by atoms with Crippen LogP contribution in [0.25, 0.3) is 11.1 Å². The Hall–Kier alpha value is -3.42. The molecule has 1 aliphatic rings. The van der Waals surface area contributed by atoms with Gasteiger partial charge in [-0.1, -0.05) is 31.4 Å². The van der Waals surface area contributed by atoms with E-state index in [9.17, 15) is 14.7 Å². The van der Waals surface area contributed by atoms with Crippen LogP contribution >= 0.6 is 0 Å². The summed E-state index contributed by atoms with van der Waals surface area (Å²) in [5.74, 6) is -1.26. The molecule has 2 aromatic rings. The maximum Gasteiger partial charge on any atom is 0.357 e. The van der Waals surface area contributed by atoms with E-state index in [0.29, 0.717) is 22.5 Å². The second kappa shape index (κ2) is 10.9. The summed E-state index contributed by atoms with van der Waals surface area (Å²) in [6.45, 7) is 5.61. The summed E-state index contributed by atoms with van der Waals surface area (Å²) in [6.07, 6.45) is 5.13. The summed E-state index contributed by atoms with van der Waals surface area (Å²) in [5.41, 5.74) is 1.90. The van der Waals surface area contributed by atoms with Crippen molar-refractivity contribution in [3.63, 3.8) is 0 Å². The number of nitrogens with one attached hydrogen (secondary N) is 2. The Labute approximate surface area is 193 Å². The molecule has 8 nitrogen and oxygen atoms in total. The molecule has 3 N–H and O–H groups in total. The molecule has 1 heterocycles. The molecule has 0 unspecified atom stereocenters. The molecular weight excluding hydrogens is 422 g/mol. The first-order chi connectivity index (χ1) is 15.8. The van der Waals surface area contributed by atoms with Crippen molar-refractivity contribution < 1.29 is 24.2 Å². The van der Waals surface area contributed by atoms with Gasteiger partial charge >= 0.3 is 11.9 Å². The monoisotopic (exact) mass is 453 g/mol. The van der Waals surface area contributed by atoms with Gasteiger partial charge in [-0.05, 0) is 57.4 Å². The van der Waals surface area contributed by atoms with Crippen LogP contribution in [-0.4, -0.2) is 46.7 Å². The third kappa shape index (κ3) is 6.09. The first-order valence-corrected chi connectivity index (χ1v) is 11.4. The van der Waals surface area contributed by atoms with E-state index in [2.05, 4.69) is 10.3 Å². The van der Waals surface area contributed by atoms with Gasteiger partial charge in [0.1, 0.15) is 5.82 Å². The smallest absolute Gasteiger partial charge is 0.357 e. The molecule has 176 valence electrons. The number of esters is 1. The highest BCUT2D eigenvalue weighted by Gasteiger charge is 2.25. The van der Waals surface area contributed by atoms with Crippen molar-refractivity contribution in [2.75, 3.05) is 11.9 Å². The SMILES string of the molecule is CCOC(=O)c1cc(-c2ccc(C(=O)O)cc2)c(C(=N)OC(C)C)c(NC2CCCCC2)n1. The average Bonchev–Trinajstić information content (AvgIpc) is 2.79. The first kappa shape index (κ1) is 24.2. The van der Waals surface area contributed by atoms with Crippen LogP contribution < -0.4 is 5.32 Å². The normalized spacial score (nSPS) is 14.1. The number of nitrogens with zero attached hydrogens (tertiary/aromatic N) is 1. The van der Waals surface area contributed by atoms with Crippen molar-refractivity contribution in [1.82, 2.24) is 4.98 Å². The van der Waals surface area contributed by atoms with Crippen LogP contribution in [0.15, 0.2) is 30.3 Å². The molecule has 1 aromatic heterocycles. The van der Waals surface area contributed by atoms with Gasteiger partial charge in [-0.3, -0.25) is 5.41 Å². The minimum absolute atomic E-state index is 0.0662. The minimum Gasteiger partial charge on any atom is -0.478 e. The van der Waals surface area contributed by atoms with Gasteiger partial charge in [-0.15, -0.1) is 0 Å². The lowest BCUT2D eigenvalue weighted by molar-refractivity contribution is 0.0519. The fourth-order valence-corrected chi connectivity index (χ4v) is 3.94. The quantitative estimate of drug-likeness (QED) is 0.288. The van der Waals surface area contributed by atoms with Crippen LogP contribution in [0.4, 0.5) is 5.82 Å². The molecule has 0 radical (unpaired) electrons. The molecule has 0 saturated heterocycles. The van der Waals surface area contributed by atoms with Crippen LogP contribution in [0.1, 0.15) is 79.3 Å². The number of aromatic carboxylic acids is 1. The summed E-state index contributed by atoms with van der Waals surface area (Å²) < 4.78 is 10.9. The molecule has 0 spiro atoms. The zero-order chi connectivity index (χ0) is 24.0. The van der Waals surface area contributed by atoms with Crippen molar-refractivity contribution in [2.24, 2.45) is 0 Å². The highest BCUT2D eigenvalue weighted by atomic mass is 16.5. The van der Waals surface area contributed by atoms with Crippen molar-refractivity contribution in [2.45, 2.75) is 65.0 Å². The van der Waals surface area contributed by atoms with Gasteiger partial charge in [-0.2, -0.15) is 0 Å². The Kier molecular flexibility index (Phi) is 8.03. The van der Waals surface area contributed by atoms with Crippen LogP contribution in [0.5, 0.6) is 0 Å². The highest BCUT2D eigenvalue weighted by molar-refractivity contribution is 6.05. The van der Waals surface area contributed by atoms with Crippen LogP contribution in [0, 0.1) is 5.41 Å². The van der Waals surface area contributed by atoms with Crippen LogP contribution in [0.2, 0.25) is 0 Å². The molecular formula is C25H31N3O5. The average molecular weight is 454 g/mol. The highest BCUT2D eigenvalue weighted by Crippen LogP contribution is 2.33. The zero-order valence-corrected chi connectivity index (χ0v) is 19.3. The summed E-state index contributed by atoms with van der Waals surface area (Å²) >= 11 is 0. The summed E-state index contributed by atoms with van der Waals surface area (Å²) in [6, 6.07) is 8.05. The second-order valence-corrected chi connectivity index (χ2v) is 8.36. The van der Waals surface area contributed by atoms with Crippen LogP contribution in [0.3, 0.4) is 0 Å². The van der Waals surface area contributed by atoms with Gasteiger partial charge in [0.25, 0.3) is 0 Å². The molecule has 3 rings (SSSR count). The van der Waals surface area contributed by atoms with E-state index in [1.807, 2.05) is 13.8 Å². The maximum atomic E-state index is 12.6. The summed E-state index contributed by atoms with van der Waals surface area (Å²) in [4.78, 5) is 28.4. The van der Waals surface area contributed by atoms with Gasteiger partial charge < -0.3 is 19.9 Å². The molecule has 0 atom stereocenters. The summed E-state index contributed by atoms with van der Waals surface area (Å²) in [5, 5.41) is 21.4. The lowest BCUT2D eigenvalue weighted by Gasteiger charge is -2.26. The fourth-order valence-electron chi connectivity index (χ4n) is 3.94. The number of carbonyl (C=O) groups is 2. The van der Waals surface area contributed by atoms with E-state index >= 15 is 0 Å². The number of carboxylic acid groups (broad SMARTS) is 1. The van der Waals surface area contributed by atoms with Crippen molar-refractivity contribution in [3.05, 3.63) is 47.2 Å². The molecule has 33 heavy (non-hydrogen) atoms. The Morgan fingerprint density at radius 3 is 2.42 bits per heavy atom. The molecule has 1 aromatic carbocycles. The number of anilines is 1. The van der Waals surface area contributed by atoms with E-state index in [0.717, 1.165) is 25.7 Å². The Morgan fingerprint density at radius 1 is 1.18 bits per heavy atom. The zero-order valence-electron chi connectivity index (χ0n) is 19.3. The minimum atomic E-state index is -1.03. The lowest BCUT2D eigenvalue weighted by Crippen LogP contribution is -2.26. The topological polar surface area (TPSA) is 122 Å². The number of pyridine rings is 1. The van der Waals surface area contributed by atoms with Crippen molar-refractivity contribution in [3.8, 4) is 11.1 Å². The lowest BCUT2D eigenvalue weighted by atomic mass is 9.94. The molecule has 1 saturated carbocycles. The number of hydrogen-bond acceptors (Lipinski definition) is 7. The number of carboxylic acids is 1. The molecule has 1 fully saturated rings. The number of aromatic nitrogens is 1. The van der Waals surface area contributed by atoms with E-state index in [4.69, 9.17) is 14.9 Å². The Balaban J connectivity index is 2.17. The third-order valence-corrected chi connectivity index (χ3v) is 5.47. The van der Waals surface area contributed by atoms with Crippen molar-refractivity contribution in [1.29, 1.82) is 5.41 Å². The predicted octanol–water partition coefficient (Wildman–Crippen LogP) is 5.12. The van der Waals surface area contributed by atoms with E-state index in [1.165, 1.54) is 18.6 Å².